The molecule has 6 heteroatoms. The van der Waals surface area contributed by atoms with Gasteiger partial charge in [-0.25, -0.2) is 4.79 Å². The Morgan fingerprint density at radius 2 is 2.05 bits per heavy atom. The van der Waals surface area contributed by atoms with Gasteiger partial charge in [-0.05, 0) is 37.9 Å². The number of amides is 2. The van der Waals surface area contributed by atoms with Crippen molar-refractivity contribution in [3.63, 3.8) is 0 Å². The molecule has 0 unspecified atom stereocenters. The van der Waals surface area contributed by atoms with Gasteiger partial charge in [-0.15, -0.1) is 0 Å². The molecule has 0 spiro atoms. The summed E-state index contributed by atoms with van der Waals surface area (Å²) in [6.45, 7) is 5.40. The lowest BCUT2D eigenvalue weighted by molar-refractivity contribution is 0.196. The number of anilines is 1. The van der Waals surface area contributed by atoms with Gasteiger partial charge in [0.05, 0.1) is 15.7 Å². The summed E-state index contributed by atoms with van der Waals surface area (Å²) in [4.78, 5) is 14.4. The third kappa shape index (κ3) is 4.77. The van der Waals surface area contributed by atoms with Crippen LogP contribution in [0, 0.1) is 0 Å². The van der Waals surface area contributed by atoms with Crippen molar-refractivity contribution >= 4 is 34.9 Å². The van der Waals surface area contributed by atoms with Crippen molar-refractivity contribution in [2.45, 2.75) is 32.2 Å². The van der Waals surface area contributed by atoms with Crippen LogP contribution >= 0.6 is 23.2 Å². The van der Waals surface area contributed by atoms with Crippen molar-refractivity contribution < 1.29 is 4.79 Å². The number of carbonyl (C=O) groups is 1. The van der Waals surface area contributed by atoms with Crippen LogP contribution < -0.4 is 10.6 Å². The normalized spacial score (nSPS) is 16.7. The summed E-state index contributed by atoms with van der Waals surface area (Å²) >= 11 is 12.0. The largest absolute Gasteiger partial charge is 0.335 e. The van der Waals surface area contributed by atoms with E-state index in [2.05, 4.69) is 22.5 Å². The number of halogens is 2. The van der Waals surface area contributed by atoms with Crippen LogP contribution in [0.1, 0.15) is 26.2 Å². The predicted molar refractivity (Wildman–Crippen MR) is 88.4 cm³/mol. The lowest BCUT2D eigenvalue weighted by Crippen LogP contribution is -2.46. The highest BCUT2D eigenvalue weighted by Crippen LogP contribution is 2.29. The lowest BCUT2D eigenvalue weighted by atomic mass is 10.1. The first-order valence-corrected chi connectivity index (χ1v) is 8.09. The van der Waals surface area contributed by atoms with E-state index in [1.54, 1.807) is 18.2 Å². The third-order valence-corrected chi connectivity index (χ3v) is 4.48. The molecule has 2 N–H and O–H groups in total. The number of hydrogen-bond donors (Lipinski definition) is 2. The molecule has 1 fully saturated rings. The fraction of sp³-hybridized carbons (Fsp3) is 0.533. The molecule has 1 aliphatic heterocycles. The zero-order valence-corrected chi connectivity index (χ0v) is 13.7. The number of urea groups is 1. The van der Waals surface area contributed by atoms with Gasteiger partial charge >= 0.3 is 6.03 Å². The number of piperidine rings is 1. The van der Waals surface area contributed by atoms with Crippen molar-refractivity contribution in [3.05, 3.63) is 28.2 Å². The molecule has 0 radical (unpaired) electrons. The van der Waals surface area contributed by atoms with Gasteiger partial charge in [0.1, 0.15) is 0 Å². The number of likely N-dealkylation sites (tertiary alicyclic amines) is 1. The highest BCUT2D eigenvalue weighted by atomic mass is 35.5. The van der Waals surface area contributed by atoms with Gasteiger partial charge in [0.2, 0.25) is 0 Å². The molecule has 1 saturated heterocycles. The molecule has 1 heterocycles. The Labute approximate surface area is 135 Å². The fourth-order valence-electron chi connectivity index (χ4n) is 2.56. The highest BCUT2D eigenvalue weighted by molar-refractivity contribution is 6.43. The first-order chi connectivity index (χ1) is 10.1. The fourth-order valence-corrected chi connectivity index (χ4v) is 2.91. The Hall–Kier alpha value is -0.970. The molecular weight excluding hydrogens is 309 g/mol. The monoisotopic (exact) mass is 329 g/mol. The van der Waals surface area contributed by atoms with Gasteiger partial charge in [-0.3, -0.25) is 0 Å². The SMILES string of the molecule is CCCN1CCC(NC(=O)Nc2cccc(Cl)c2Cl)CC1. The van der Waals surface area contributed by atoms with E-state index in [4.69, 9.17) is 23.2 Å². The Morgan fingerprint density at radius 1 is 1.33 bits per heavy atom. The summed E-state index contributed by atoms with van der Waals surface area (Å²) in [6.07, 6.45) is 3.14. The average molecular weight is 330 g/mol. The molecule has 0 aliphatic carbocycles. The van der Waals surface area contributed by atoms with E-state index in [9.17, 15) is 4.79 Å². The molecule has 1 aromatic carbocycles. The van der Waals surface area contributed by atoms with E-state index < -0.39 is 0 Å². The van der Waals surface area contributed by atoms with Crippen molar-refractivity contribution in [1.82, 2.24) is 10.2 Å². The predicted octanol–water partition coefficient (Wildman–Crippen LogP) is 3.99. The average Bonchev–Trinajstić information content (AvgIpc) is 2.46. The van der Waals surface area contributed by atoms with Gasteiger partial charge in [-0.1, -0.05) is 36.2 Å². The van der Waals surface area contributed by atoms with Crippen LogP contribution in [0.5, 0.6) is 0 Å². The second-order valence-corrected chi connectivity index (χ2v) is 6.10. The summed E-state index contributed by atoms with van der Waals surface area (Å²) in [5, 5.41) is 6.55. The van der Waals surface area contributed by atoms with Crippen molar-refractivity contribution in [1.29, 1.82) is 0 Å². The zero-order chi connectivity index (χ0) is 15.2. The Kier molecular flexibility index (Phi) is 6.15. The van der Waals surface area contributed by atoms with Crippen LogP contribution in [-0.4, -0.2) is 36.6 Å². The molecule has 0 atom stereocenters. The van der Waals surface area contributed by atoms with E-state index in [0.29, 0.717) is 15.7 Å². The van der Waals surface area contributed by atoms with Crippen LogP contribution in [0.2, 0.25) is 10.0 Å². The molecule has 2 rings (SSSR count). The first kappa shape index (κ1) is 16.4. The number of rotatable bonds is 4. The maximum atomic E-state index is 12.0. The number of nitrogens with zero attached hydrogens (tertiary/aromatic N) is 1. The van der Waals surface area contributed by atoms with E-state index in [-0.39, 0.29) is 12.1 Å². The van der Waals surface area contributed by atoms with Crippen molar-refractivity contribution in [2.75, 3.05) is 25.0 Å². The van der Waals surface area contributed by atoms with Gasteiger partial charge in [-0.2, -0.15) is 0 Å². The topological polar surface area (TPSA) is 44.4 Å². The minimum Gasteiger partial charge on any atom is -0.335 e. The maximum Gasteiger partial charge on any atom is 0.319 e. The van der Waals surface area contributed by atoms with Crippen molar-refractivity contribution in [3.8, 4) is 0 Å². The van der Waals surface area contributed by atoms with Crippen molar-refractivity contribution in [2.24, 2.45) is 0 Å². The maximum absolute atomic E-state index is 12.0. The molecule has 116 valence electrons. The standard InChI is InChI=1S/C15H21Cl2N3O/c1-2-8-20-9-6-11(7-10-20)18-15(21)19-13-5-3-4-12(16)14(13)17/h3-5,11H,2,6-10H2,1H3,(H2,18,19,21). The number of hydrogen-bond acceptors (Lipinski definition) is 2. The molecule has 0 bridgehead atoms. The molecule has 4 nitrogen and oxygen atoms in total. The highest BCUT2D eigenvalue weighted by Gasteiger charge is 2.20. The van der Waals surface area contributed by atoms with Gasteiger partial charge in [0.25, 0.3) is 0 Å². The zero-order valence-electron chi connectivity index (χ0n) is 12.2. The quantitative estimate of drug-likeness (QED) is 0.877. The summed E-state index contributed by atoms with van der Waals surface area (Å²) in [7, 11) is 0. The molecule has 21 heavy (non-hydrogen) atoms. The lowest BCUT2D eigenvalue weighted by Gasteiger charge is -2.32. The van der Waals surface area contributed by atoms with Crippen LogP contribution in [0.3, 0.4) is 0 Å². The molecule has 2 amide bonds. The number of carbonyl (C=O) groups excluding carboxylic acids is 1. The third-order valence-electron chi connectivity index (χ3n) is 3.66. The molecule has 0 aromatic heterocycles. The molecular formula is C15H21Cl2N3O. The van der Waals surface area contributed by atoms with Gasteiger partial charge in [0.15, 0.2) is 0 Å². The van der Waals surface area contributed by atoms with E-state index in [1.807, 2.05) is 0 Å². The number of nitrogens with one attached hydrogen (secondary N) is 2. The van der Waals surface area contributed by atoms with Gasteiger partial charge < -0.3 is 15.5 Å². The summed E-state index contributed by atoms with van der Waals surface area (Å²) in [6, 6.07) is 5.17. The van der Waals surface area contributed by atoms with Crippen LogP contribution in [0.4, 0.5) is 10.5 Å². The Bertz CT molecular complexity index is 488. The Balaban J connectivity index is 1.81. The summed E-state index contributed by atoms with van der Waals surface area (Å²) in [5.74, 6) is 0. The van der Waals surface area contributed by atoms with Gasteiger partial charge in [0, 0.05) is 19.1 Å². The smallest absolute Gasteiger partial charge is 0.319 e. The molecule has 0 saturated carbocycles. The Morgan fingerprint density at radius 3 is 2.71 bits per heavy atom. The second-order valence-electron chi connectivity index (χ2n) is 5.32. The molecule has 1 aromatic rings. The van der Waals surface area contributed by atoms with Crippen LogP contribution in [0.25, 0.3) is 0 Å². The van der Waals surface area contributed by atoms with E-state index in [1.165, 1.54) is 6.42 Å². The van der Waals surface area contributed by atoms with Crippen LogP contribution in [0.15, 0.2) is 18.2 Å². The summed E-state index contributed by atoms with van der Waals surface area (Å²) in [5.41, 5.74) is 0.532. The van der Waals surface area contributed by atoms with Crippen LogP contribution in [-0.2, 0) is 0 Å². The van der Waals surface area contributed by atoms with E-state index in [0.717, 1.165) is 32.5 Å². The number of benzene rings is 1. The van der Waals surface area contributed by atoms with E-state index >= 15 is 0 Å². The molecule has 1 aliphatic rings. The first-order valence-electron chi connectivity index (χ1n) is 7.34. The summed E-state index contributed by atoms with van der Waals surface area (Å²) < 4.78 is 0. The minimum absolute atomic E-state index is 0.219. The second kappa shape index (κ2) is 7.87. The minimum atomic E-state index is -0.229.